The van der Waals surface area contributed by atoms with Crippen molar-refractivity contribution in [2.45, 2.75) is 19.1 Å². The highest BCUT2D eigenvalue weighted by molar-refractivity contribution is 5.98. The van der Waals surface area contributed by atoms with Gasteiger partial charge < -0.3 is 26.0 Å². The number of amides is 1. The van der Waals surface area contributed by atoms with E-state index in [-0.39, 0.29) is 17.5 Å². The van der Waals surface area contributed by atoms with Gasteiger partial charge in [-0.25, -0.2) is 14.4 Å². The average Bonchev–Trinajstić information content (AvgIpc) is 2.88. The molecule has 0 radical (unpaired) electrons. The predicted molar refractivity (Wildman–Crippen MR) is 125 cm³/mol. The van der Waals surface area contributed by atoms with E-state index >= 15 is 0 Å². The van der Waals surface area contributed by atoms with Crippen LogP contribution in [0.3, 0.4) is 0 Å². The number of carbonyl (C=O) groups is 1. The summed E-state index contributed by atoms with van der Waals surface area (Å²) in [6, 6.07) is 9.19. The fourth-order valence-electron chi connectivity index (χ4n) is 3.48. The fraction of sp³-hybridized carbons (Fsp3) is 0.304. The van der Waals surface area contributed by atoms with E-state index < -0.39 is 17.8 Å². The highest BCUT2D eigenvalue weighted by Crippen LogP contribution is 2.21. The fourth-order valence-corrected chi connectivity index (χ4v) is 3.48. The van der Waals surface area contributed by atoms with Gasteiger partial charge in [0.05, 0.1) is 36.8 Å². The molecule has 1 aromatic carbocycles. The second-order valence-corrected chi connectivity index (χ2v) is 7.81. The lowest BCUT2D eigenvalue weighted by atomic mass is 10.1. The van der Waals surface area contributed by atoms with Crippen LogP contribution in [0.1, 0.15) is 34.7 Å². The average molecular weight is 478 g/mol. The van der Waals surface area contributed by atoms with Gasteiger partial charge in [-0.3, -0.25) is 4.79 Å². The summed E-state index contributed by atoms with van der Waals surface area (Å²) in [5.74, 6) is -0.250. The zero-order valence-corrected chi connectivity index (χ0v) is 19.0. The summed E-state index contributed by atoms with van der Waals surface area (Å²) < 4.78 is 19.9. The Bertz CT molecular complexity index is 1210. The molecule has 0 saturated carbocycles. The SMILES string of the molecule is CC(NC(=O)c1nnc(Nc2cnc(C#N)cn2)cc1NCC1CNCCO1)c1ccccc1F. The van der Waals surface area contributed by atoms with Crippen molar-refractivity contribution in [2.75, 3.05) is 36.9 Å². The first-order valence-corrected chi connectivity index (χ1v) is 11.0. The number of morpholine rings is 1. The molecule has 12 heteroatoms. The van der Waals surface area contributed by atoms with Crippen LogP contribution in [0.4, 0.5) is 21.7 Å². The summed E-state index contributed by atoms with van der Waals surface area (Å²) >= 11 is 0. The zero-order valence-electron chi connectivity index (χ0n) is 19.0. The molecule has 4 rings (SSSR count). The van der Waals surface area contributed by atoms with Gasteiger partial charge in [-0.05, 0) is 13.0 Å². The molecule has 4 N–H and O–H groups in total. The molecule has 1 amide bonds. The van der Waals surface area contributed by atoms with Crippen LogP contribution in [-0.4, -0.2) is 58.4 Å². The van der Waals surface area contributed by atoms with Crippen molar-refractivity contribution in [2.24, 2.45) is 0 Å². The summed E-state index contributed by atoms with van der Waals surface area (Å²) in [5, 5.41) is 29.3. The third kappa shape index (κ3) is 6.23. The summed E-state index contributed by atoms with van der Waals surface area (Å²) in [6.45, 7) is 4.17. The molecule has 2 aromatic heterocycles. The lowest BCUT2D eigenvalue weighted by molar-refractivity contribution is 0.0372. The first-order valence-electron chi connectivity index (χ1n) is 11.0. The number of anilines is 3. The van der Waals surface area contributed by atoms with Crippen molar-refractivity contribution >= 4 is 23.2 Å². The van der Waals surface area contributed by atoms with E-state index in [9.17, 15) is 9.18 Å². The molecule has 0 spiro atoms. The van der Waals surface area contributed by atoms with Gasteiger partial charge in [0.15, 0.2) is 17.2 Å². The molecular formula is C23H24FN9O2. The molecule has 11 nitrogen and oxygen atoms in total. The molecule has 1 saturated heterocycles. The molecule has 180 valence electrons. The van der Waals surface area contributed by atoms with Crippen molar-refractivity contribution in [3.8, 4) is 6.07 Å². The zero-order chi connectivity index (χ0) is 24.6. The molecule has 0 bridgehead atoms. The van der Waals surface area contributed by atoms with Crippen molar-refractivity contribution in [1.82, 2.24) is 30.8 Å². The highest BCUT2D eigenvalue weighted by atomic mass is 19.1. The minimum Gasteiger partial charge on any atom is -0.380 e. The first kappa shape index (κ1) is 23.9. The van der Waals surface area contributed by atoms with Gasteiger partial charge in [0, 0.05) is 31.3 Å². The summed E-state index contributed by atoms with van der Waals surface area (Å²) in [6.07, 6.45) is 2.63. The topological polar surface area (TPSA) is 150 Å². The molecule has 0 aliphatic carbocycles. The monoisotopic (exact) mass is 477 g/mol. The number of benzene rings is 1. The maximum Gasteiger partial charge on any atom is 0.274 e. The van der Waals surface area contributed by atoms with Crippen molar-refractivity contribution in [1.29, 1.82) is 5.26 Å². The number of carbonyl (C=O) groups excluding carboxylic acids is 1. The molecule has 35 heavy (non-hydrogen) atoms. The third-order valence-corrected chi connectivity index (χ3v) is 5.28. The smallest absolute Gasteiger partial charge is 0.274 e. The molecule has 2 unspecified atom stereocenters. The lowest BCUT2D eigenvalue weighted by Gasteiger charge is -2.24. The predicted octanol–water partition coefficient (Wildman–Crippen LogP) is 1.91. The van der Waals surface area contributed by atoms with E-state index in [4.69, 9.17) is 10.00 Å². The maximum atomic E-state index is 14.2. The van der Waals surface area contributed by atoms with E-state index in [1.165, 1.54) is 18.5 Å². The van der Waals surface area contributed by atoms with Crippen LogP contribution in [0.2, 0.25) is 0 Å². The molecular weight excluding hydrogens is 453 g/mol. The van der Waals surface area contributed by atoms with Gasteiger partial charge in [-0.2, -0.15) is 5.26 Å². The van der Waals surface area contributed by atoms with Gasteiger partial charge >= 0.3 is 0 Å². The molecule has 3 heterocycles. The number of nitrogens with zero attached hydrogens (tertiary/aromatic N) is 5. The van der Waals surface area contributed by atoms with Gasteiger partial charge in [-0.1, -0.05) is 18.2 Å². The number of rotatable bonds is 8. The van der Waals surface area contributed by atoms with Gasteiger partial charge in [0.2, 0.25) is 0 Å². The summed E-state index contributed by atoms with van der Waals surface area (Å²) in [7, 11) is 0. The highest BCUT2D eigenvalue weighted by Gasteiger charge is 2.21. The third-order valence-electron chi connectivity index (χ3n) is 5.28. The Balaban J connectivity index is 1.54. The molecule has 1 aliphatic heterocycles. The van der Waals surface area contributed by atoms with Crippen molar-refractivity contribution in [3.63, 3.8) is 0 Å². The van der Waals surface area contributed by atoms with Crippen LogP contribution < -0.4 is 21.3 Å². The molecule has 1 fully saturated rings. The largest absolute Gasteiger partial charge is 0.380 e. The summed E-state index contributed by atoms with van der Waals surface area (Å²) in [5.41, 5.74) is 1.01. The number of halogens is 1. The van der Waals surface area contributed by atoms with Crippen LogP contribution >= 0.6 is 0 Å². The Kier molecular flexibility index (Phi) is 7.71. The van der Waals surface area contributed by atoms with Crippen molar-refractivity contribution in [3.05, 3.63) is 65.5 Å². The number of hydrogen-bond donors (Lipinski definition) is 4. The van der Waals surface area contributed by atoms with E-state index in [0.29, 0.717) is 42.6 Å². The normalized spacial score (nSPS) is 16.1. The lowest BCUT2D eigenvalue weighted by Crippen LogP contribution is -2.42. The second-order valence-electron chi connectivity index (χ2n) is 7.81. The van der Waals surface area contributed by atoms with E-state index in [1.807, 2.05) is 6.07 Å². The molecule has 1 aliphatic rings. The second kappa shape index (κ2) is 11.3. The van der Waals surface area contributed by atoms with Crippen LogP contribution in [0.25, 0.3) is 0 Å². The van der Waals surface area contributed by atoms with Crippen LogP contribution in [0.15, 0.2) is 42.7 Å². The first-order chi connectivity index (χ1) is 17.0. The number of ether oxygens (including phenoxy) is 1. The van der Waals surface area contributed by atoms with Crippen LogP contribution in [0.5, 0.6) is 0 Å². The standard InChI is InChI=1S/C23H24FN9O2/c1-14(17-4-2-3-5-18(17)24)30-23(34)22-19(28-12-16-11-26-6-7-35-16)8-20(32-33-22)31-21-13-27-15(9-25)10-29-21/h2-5,8,10,13-14,16,26H,6-7,11-12H2,1H3,(H,30,34)(H2,28,29,31,32). The number of nitrogens with one attached hydrogen (secondary N) is 4. The summed E-state index contributed by atoms with van der Waals surface area (Å²) in [4.78, 5) is 21.1. The minimum absolute atomic E-state index is 0.0495. The number of nitriles is 1. The Hall–Kier alpha value is -4.21. The number of hydrogen-bond acceptors (Lipinski definition) is 10. The molecule has 2 atom stereocenters. The van der Waals surface area contributed by atoms with Gasteiger partial charge in [0.1, 0.15) is 17.7 Å². The quantitative estimate of drug-likeness (QED) is 0.379. The van der Waals surface area contributed by atoms with Crippen molar-refractivity contribution < 1.29 is 13.9 Å². The van der Waals surface area contributed by atoms with Crippen LogP contribution in [0, 0.1) is 17.1 Å². The van der Waals surface area contributed by atoms with E-state index in [1.54, 1.807) is 31.2 Å². The Morgan fingerprint density at radius 1 is 1.29 bits per heavy atom. The van der Waals surface area contributed by atoms with Gasteiger partial charge in [-0.15, -0.1) is 10.2 Å². The van der Waals surface area contributed by atoms with E-state index in [0.717, 1.165) is 6.54 Å². The minimum atomic E-state index is -0.587. The Morgan fingerprint density at radius 3 is 2.86 bits per heavy atom. The van der Waals surface area contributed by atoms with Gasteiger partial charge in [0.25, 0.3) is 5.91 Å². The van der Waals surface area contributed by atoms with E-state index in [2.05, 4.69) is 41.4 Å². The Labute approximate surface area is 201 Å². The van der Waals surface area contributed by atoms with Crippen LogP contribution in [-0.2, 0) is 4.74 Å². The molecule has 3 aromatic rings. The Morgan fingerprint density at radius 2 is 2.14 bits per heavy atom. The maximum absolute atomic E-state index is 14.2. The number of aromatic nitrogens is 4.